The van der Waals surface area contributed by atoms with Crippen LogP contribution in [0.1, 0.15) is 0 Å². The first-order chi connectivity index (χ1) is 11.9. The summed E-state index contributed by atoms with van der Waals surface area (Å²) in [6.07, 6.45) is 1.18. The molecular weight excluding hydrogens is 403 g/mol. The molecule has 0 saturated carbocycles. The molecule has 0 spiro atoms. The summed E-state index contributed by atoms with van der Waals surface area (Å²) in [6, 6.07) is 6.51. The number of hydrogen-bond acceptors (Lipinski definition) is 3. The summed E-state index contributed by atoms with van der Waals surface area (Å²) in [7, 11) is 0. The van der Waals surface area contributed by atoms with Gasteiger partial charge in [-0.3, -0.25) is 14.2 Å². The minimum Gasteiger partial charge on any atom is -0.322 e. The van der Waals surface area contributed by atoms with Gasteiger partial charge < -0.3 is 5.32 Å². The third kappa shape index (κ3) is 3.41. The van der Waals surface area contributed by atoms with Crippen LogP contribution in [0.3, 0.4) is 0 Å². The molecule has 9 heteroatoms. The van der Waals surface area contributed by atoms with Crippen LogP contribution in [0, 0.1) is 17.5 Å². The first-order valence-corrected chi connectivity index (χ1v) is 7.74. The molecule has 25 heavy (non-hydrogen) atoms. The topological polar surface area (TPSA) is 64.0 Å². The third-order valence-electron chi connectivity index (χ3n) is 3.41. The summed E-state index contributed by atoms with van der Waals surface area (Å²) in [4.78, 5) is 28.4. The van der Waals surface area contributed by atoms with E-state index in [2.05, 4.69) is 26.2 Å². The highest BCUT2D eigenvalue weighted by Gasteiger charge is 2.16. The molecule has 3 rings (SSSR count). The maximum atomic E-state index is 13.6. The summed E-state index contributed by atoms with van der Waals surface area (Å²) in [5, 5.41) is 2.39. The van der Waals surface area contributed by atoms with Gasteiger partial charge >= 0.3 is 0 Å². The van der Waals surface area contributed by atoms with Gasteiger partial charge in [0, 0.05) is 4.47 Å². The fourth-order valence-corrected chi connectivity index (χ4v) is 2.57. The van der Waals surface area contributed by atoms with E-state index in [1.165, 1.54) is 6.33 Å². The first-order valence-electron chi connectivity index (χ1n) is 6.95. The lowest BCUT2D eigenvalue weighted by atomic mass is 10.2. The summed E-state index contributed by atoms with van der Waals surface area (Å²) in [5.41, 5.74) is -0.530. The van der Waals surface area contributed by atoms with Crippen molar-refractivity contribution >= 4 is 38.4 Å². The van der Waals surface area contributed by atoms with Gasteiger partial charge in [0.05, 0.1) is 22.9 Å². The normalized spacial score (nSPS) is 10.9. The Balaban J connectivity index is 1.86. The Morgan fingerprint density at radius 1 is 1.16 bits per heavy atom. The van der Waals surface area contributed by atoms with Crippen LogP contribution < -0.4 is 10.9 Å². The standard InChI is InChI=1S/C16H9BrF3N3O2/c17-8-1-3-11-9(5-8)16(25)23(7-21-11)6-13(24)22-12-4-2-10(18)14(19)15(12)20/h1-5,7H,6H2,(H,22,24). The highest BCUT2D eigenvalue weighted by Crippen LogP contribution is 2.19. The maximum absolute atomic E-state index is 13.6. The van der Waals surface area contributed by atoms with E-state index in [4.69, 9.17) is 0 Å². The molecule has 1 amide bonds. The highest BCUT2D eigenvalue weighted by molar-refractivity contribution is 9.10. The van der Waals surface area contributed by atoms with Gasteiger partial charge in [0.15, 0.2) is 17.5 Å². The predicted molar refractivity (Wildman–Crippen MR) is 88.6 cm³/mol. The second-order valence-corrected chi connectivity index (χ2v) is 6.03. The fraction of sp³-hybridized carbons (Fsp3) is 0.0625. The zero-order valence-electron chi connectivity index (χ0n) is 12.4. The predicted octanol–water partition coefficient (Wildman–Crippen LogP) is 3.22. The second kappa shape index (κ2) is 6.67. The average Bonchev–Trinajstić information content (AvgIpc) is 2.58. The number of amides is 1. The van der Waals surface area contributed by atoms with Crippen molar-refractivity contribution in [2.24, 2.45) is 0 Å². The van der Waals surface area contributed by atoms with E-state index >= 15 is 0 Å². The molecule has 0 unspecified atom stereocenters. The van der Waals surface area contributed by atoms with Crippen LogP contribution in [0.2, 0.25) is 0 Å². The van der Waals surface area contributed by atoms with Crippen molar-refractivity contribution in [2.75, 3.05) is 5.32 Å². The van der Waals surface area contributed by atoms with Crippen LogP contribution in [0.15, 0.2) is 45.9 Å². The van der Waals surface area contributed by atoms with E-state index in [1.807, 2.05) is 0 Å². The van der Waals surface area contributed by atoms with E-state index < -0.39 is 41.2 Å². The lowest BCUT2D eigenvalue weighted by molar-refractivity contribution is -0.116. The molecule has 0 atom stereocenters. The molecule has 2 aromatic carbocycles. The van der Waals surface area contributed by atoms with E-state index in [1.54, 1.807) is 18.2 Å². The van der Waals surface area contributed by atoms with Gasteiger partial charge in [0.25, 0.3) is 5.56 Å². The van der Waals surface area contributed by atoms with E-state index in [0.717, 1.165) is 10.6 Å². The molecule has 5 nitrogen and oxygen atoms in total. The Kier molecular flexibility index (Phi) is 4.58. The van der Waals surface area contributed by atoms with Crippen molar-refractivity contribution in [3.05, 3.63) is 68.9 Å². The van der Waals surface area contributed by atoms with Crippen molar-refractivity contribution in [2.45, 2.75) is 6.54 Å². The van der Waals surface area contributed by atoms with Crippen molar-refractivity contribution in [1.29, 1.82) is 0 Å². The molecule has 0 aliphatic heterocycles. The summed E-state index contributed by atoms with van der Waals surface area (Å²) in [5.74, 6) is -5.35. The SMILES string of the molecule is O=C(Cn1cnc2ccc(Br)cc2c1=O)Nc1ccc(F)c(F)c1F. The number of benzene rings is 2. The number of nitrogens with zero attached hydrogens (tertiary/aromatic N) is 2. The minimum absolute atomic E-state index is 0.295. The Morgan fingerprint density at radius 2 is 1.92 bits per heavy atom. The molecule has 0 fully saturated rings. The summed E-state index contributed by atoms with van der Waals surface area (Å²) < 4.78 is 41.3. The van der Waals surface area contributed by atoms with Gasteiger partial charge in [0.2, 0.25) is 5.91 Å². The number of carbonyl (C=O) groups excluding carboxylic acids is 1. The van der Waals surface area contributed by atoms with Gasteiger partial charge in [-0.25, -0.2) is 18.2 Å². The molecule has 0 aliphatic carbocycles. The minimum atomic E-state index is -1.69. The molecule has 1 aromatic heterocycles. The van der Waals surface area contributed by atoms with Crippen molar-refractivity contribution in [1.82, 2.24) is 9.55 Å². The largest absolute Gasteiger partial charge is 0.322 e. The quantitative estimate of drug-likeness (QED) is 0.673. The number of fused-ring (bicyclic) bond motifs is 1. The van der Waals surface area contributed by atoms with Gasteiger partial charge in [-0.15, -0.1) is 0 Å². The zero-order chi connectivity index (χ0) is 18.1. The number of anilines is 1. The van der Waals surface area contributed by atoms with Crippen LogP contribution in [0.4, 0.5) is 18.9 Å². The Morgan fingerprint density at radius 3 is 2.68 bits per heavy atom. The lowest BCUT2D eigenvalue weighted by Gasteiger charge is -2.09. The molecule has 0 aliphatic rings. The first kappa shape index (κ1) is 17.2. The number of hydrogen-bond donors (Lipinski definition) is 1. The maximum Gasteiger partial charge on any atom is 0.261 e. The van der Waals surface area contributed by atoms with Crippen LogP contribution in [-0.2, 0) is 11.3 Å². The van der Waals surface area contributed by atoms with E-state index in [9.17, 15) is 22.8 Å². The van der Waals surface area contributed by atoms with E-state index in [-0.39, 0.29) is 0 Å². The Hall–Kier alpha value is -2.68. The molecule has 0 saturated heterocycles. The van der Waals surface area contributed by atoms with E-state index in [0.29, 0.717) is 21.4 Å². The zero-order valence-corrected chi connectivity index (χ0v) is 14.0. The summed E-state index contributed by atoms with van der Waals surface area (Å²) in [6.45, 7) is -0.466. The average molecular weight is 412 g/mol. The number of rotatable bonds is 3. The molecule has 0 radical (unpaired) electrons. The van der Waals surface area contributed by atoms with Crippen molar-refractivity contribution in [3.8, 4) is 0 Å². The number of nitrogens with one attached hydrogen (secondary N) is 1. The monoisotopic (exact) mass is 411 g/mol. The molecule has 0 bridgehead atoms. The molecule has 1 N–H and O–H groups in total. The molecule has 128 valence electrons. The van der Waals surface area contributed by atoms with Crippen molar-refractivity contribution in [3.63, 3.8) is 0 Å². The van der Waals surface area contributed by atoms with Crippen LogP contribution >= 0.6 is 15.9 Å². The number of halogens is 4. The van der Waals surface area contributed by atoms with Gasteiger partial charge in [0.1, 0.15) is 6.54 Å². The summed E-state index contributed by atoms with van der Waals surface area (Å²) >= 11 is 3.24. The Labute approximate surface area is 147 Å². The van der Waals surface area contributed by atoms with Gasteiger partial charge in [-0.1, -0.05) is 15.9 Å². The number of aromatic nitrogens is 2. The number of carbonyl (C=O) groups is 1. The van der Waals surface area contributed by atoms with Crippen LogP contribution in [0.25, 0.3) is 10.9 Å². The van der Waals surface area contributed by atoms with Crippen LogP contribution in [-0.4, -0.2) is 15.5 Å². The fourth-order valence-electron chi connectivity index (χ4n) is 2.21. The molecule has 3 aromatic rings. The molecular formula is C16H9BrF3N3O2. The van der Waals surface area contributed by atoms with Crippen molar-refractivity contribution < 1.29 is 18.0 Å². The Bertz CT molecular complexity index is 1050. The van der Waals surface area contributed by atoms with Gasteiger partial charge in [-0.05, 0) is 30.3 Å². The smallest absolute Gasteiger partial charge is 0.261 e. The lowest BCUT2D eigenvalue weighted by Crippen LogP contribution is -2.28. The second-order valence-electron chi connectivity index (χ2n) is 5.11. The molecule has 1 heterocycles. The van der Waals surface area contributed by atoms with Crippen LogP contribution in [0.5, 0.6) is 0 Å². The third-order valence-corrected chi connectivity index (χ3v) is 3.90. The highest BCUT2D eigenvalue weighted by atomic mass is 79.9. The van der Waals surface area contributed by atoms with Gasteiger partial charge in [-0.2, -0.15) is 0 Å².